The molecule has 0 aliphatic carbocycles. The molecule has 88 valence electrons. The molecular weight excluding hydrogens is 232 g/mol. The minimum atomic E-state index is 0.00232. The molecule has 2 rings (SSSR count). The van der Waals surface area contributed by atoms with Crippen molar-refractivity contribution in [3.8, 4) is 0 Å². The van der Waals surface area contributed by atoms with Gasteiger partial charge in [0.1, 0.15) is 0 Å². The van der Waals surface area contributed by atoms with Crippen molar-refractivity contribution in [2.24, 2.45) is 0 Å². The Kier molecular flexibility index (Phi) is 3.88. The number of hydrogen-bond donors (Lipinski definition) is 1. The van der Waals surface area contributed by atoms with E-state index in [0.29, 0.717) is 6.42 Å². The molecule has 1 N–H and O–H groups in total. The van der Waals surface area contributed by atoms with Crippen LogP contribution >= 0.6 is 11.3 Å². The normalized spacial score (nSPS) is 10.2. The topological polar surface area (TPSA) is 42.0 Å². The number of carbonyl (C=O) groups excluding carboxylic acids is 1. The average molecular weight is 246 g/mol. The van der Waals surface area contributed by atoms with Crippen molar-refractivity contribution in [1.82, 2.24) is 4.98 Å². The van der Waals surface area contributed by atoms with Gasteiger partial charge in [0, 0.05) is 16.8 Å². The predicted molar refractivity (Wildman–Crippen MR) is 70.3 cm³/mol. The number of thiazole rings is 1. The molecule has 0 fully saturated rings. The number of anilines is 1. The van der Waals surface area contributed by atoms with E-state index in [1.807, 2.05) is 30.3 Å². The number of para-hydroxylation sites is 1. The summed E-state index contributed by atoms with van der Waals surface area (Å²) < 4.78 is 0. The minimum Gasteiger partial charge on any atom is -0.326 e. The zero-order chi connectivity index (χ0) is 12.1. The first-order valence-corrected chi connectivity index (χ1v) is 6.38. The summed E-state index contributed by atoms with van der Waals surface area (Å²) in [6, 6.07) is 9.48. The number of nitrogens with one attached hydrogen (secondary N) is 1. The van der Waals surface area contributed by atoms with Crippen LogP contribution in [0.15, 0.2) is 36.5 Å². The molecule has 0 unspecified atom stereocenters. The molecule has 2 aromatic rings. The quantitative estimate of drug-likeness (QED) is 0.901. The number of carbonyl (C=O) groups is 1. The zero-order valence-corrected chi connectivity index (χ0v) is 10.5. The molecule has 0 atom stereocenters. The van der Waals surface area contributed by atoms with Crippen LogP contribution in [0.1, 0.15) is 16.8 Å². The molecule has 0 saturated heterocycles. The smallest absolute Gasteiger partial charge is 0.229 e. The highest BCUT2D eigenvalue weighted by atomic mass is 32.1. The van der Waals surface area contributed by atoms with Crippen molar-refractivity contribution in [2.75, 3.05) is 5.32 Å². The third-order valence-corrected chi connectivity index (χ3v) is 3.44. The van der Waals surface area contributed by atoms with Gasteiger partial charge in [-0.2, -0.15) is 0 Å². The molecule has 0 spiro atoms. The number of benzene rings is 1. The van der Waals surface area contributed by atoms with Gasteiger partial charge in [0.05, 0.1) is 11.4 Å². The summed E-state index contributed by atoms with van der Waals surface area (Å²) in [5, 5.41) is 3.93. The average Bonchev–Trinajstić information content (AvgIpc) is 2.78. The summed E-state index contributed by atoms with van der Waals surface area (Å²) in [5.41, 5.74) is 0.831. The van der Waals surface area contributed by atoms with Crippen molar-refractivity contribution in [3.63, 3.8) is 0 Å². The first kappa shape index (κ1) is 11.8. The summed E-state index contributed by atoms with van der Waals surface area (Å²) in [6.45, 7) is 2.06. The number of aromatic nitrogens is 1. The van der Waals surface area contributed by atoms with Gasteiger partial charge in [-0.15, -0.1) is 11.3 Å². The van der Waals surface area contributed by atoms with Gasteiger partial charge >= 0.3 is 0 Å². The van der Waals surface area contributed by atoms with Crippen molar-refractivity contribution in [3.05, 3.63) is 46.4 Å². The lowest BCUT2D eigenvalue weighted by atomic mass is 10.3. The van der Waals surface area contributed by atoms with Gasteiger partial charge in [-0.1, -0.05) is 25.1 Å². The van der Waals surface area contributed by atoms with Gasteiger partial charge < -0.3 is 5.32 Å². The summed E-state index contributed by atoms with van der Waals surface area (Å²) >= 11 is 1.60. The van der Waals surface area contributed by atoms with Crippen molar-refractivity contribution >= 4 is 22.9 Å². The largest absolute Gasteiger partial charge is 0.326 e. The fourth-order valence-corrected chi connectivity index (χ4v) is 2.34. The minimum absolute atomic E-state index is 0.00232. The van der Waals surface area contributed by atoms with E-state index in [9.17, 15) is 4.79 Å². The molecule has 1 aromatic carbocycles. The highest BCUT2D eigenvalue weighted by molar-refractivity contribution is 7.11. The number of rotatable bonds is 4. The Morgan fingerprint density at radius 2 is 2.12 bits per heavy atom. The van der Waals surface area contributed by atoms with Crippen LogP contribution in [0, 0.1) is 0 Å². The van der Waals surface area contributed by atoms with E-state index in [1.165, 1.54) is 0 Å². The third-order valence-electron chi connectivity index (χ3n) is 2.30. The SMILES string of the molecule is CCc1ncc(CC(=O)Nc2ccccc2)s1. The molecule has 0 aliphatic heterocycles. The molecule has 1 aromatic heterocycles. The lowest BCUT2D eigenvalue weighted by Crippen LogP contribution is -2.13. The van der Waals surface area contributed by atoms with Gasteiger partial charge in [0.25, 0.3) is 0 Å². The fraction of sp³-hybridized carbons (Fsp3) is 0.231. The van der Waals surface area contributed by atoms with Crippen LogP contribution in [-0.2, 0) is 17.6 Å². The van der Waals surface area contributed by atoms with E-state index < -0.39 is 0 Å². The molecule has 1 heterocycles. The second kappa shape index (κ2) is 5.59. The van der Waals surface area contributed by atoms with E-state index in [4.69, 9.17) is 0 Å². The molecular formula is C13H14N2OS. The molecule has 17 heavy (non-hydrogen) atoms. The Bertz CT molecular complexity index is 493. The molecule has 0 aliphatic rings. The molecule has 3 nitrogen and oxygen atoms in total. The van der Waals surface area contributed by atoms with E-state index in [0.717, 1.165) is 22.0 Å². The van der Waals surface area contributed by atoms with Crippen LogP contribution in [-0.4, -0.2) is 10.9 Å². The van der Waals surface area contributed by atoms with E-state index in [2.05, 4.69) is 17.2 Å². The number of aryl methyl sites for hydroxylation is 1. The monoisotopic (exact) mass is 246 g/mol. The molecule has 0 bridgehead atoms. The van der Waals surface area contributed by atoms with Gasteiger partial charge in [-0.05, 0) is 18.6 Å². The maximum atomic E-state index is 11.7. The van der Waals surface area contributed by atoms with Gasteiger partial charge in [-0.3, -0.25) is 4.79 Å². The maximum Gasteiger partial charge on any atom is 0.229 e. The van der Waals surface area contributed by atoms with Crippen LogP contribution in [0.25, 0.3) is 0 Å². The number of hydrogen-bond acceptors (Lipinski definition) is 3. The Hall–Kier alpha value is -1.68. The van der Waals surface area contributed by atoms with Crippen LogP contribution < -0.4 is 5.32 Å². The second-order valence-electron chi connectivity index (χ2n) is 3.66. The van der Waals surface area contributed by atoms with Gasteiger partial charge in [0.15, 0.2) is 0 Å². The maximum absolute atomic E-state index is 11.7. The third kappa shape index (κ3) is 3.39. The highest BCUT2D eigenvalue weighted by Gasteiger charge is 2.06. The highest BCUT2D eigenvalue weighted by Crippen LogP contribution is 2.14. The van der Waals surface area contributed by atoms with Crippen molar-refractivity contribution < 1.29 is 4.79 Å². The Morgan fingerprint density at radius 1 is 1.35 bits per heavy atom. The summed E-state index contributed by atoms with van der Waals surface area (Å²) in [7, 11) is 0. The Balaban J connectivity index is 1.93. The molecule has 4 heteroatoms. The standard InChI is InChI=1S/C13H14N2OS/c1-2-13-14-9-11(17-13)8-12(16)15-10-6-4-3-5-7-10/h3-7,9H,2,8H2,1H3,(H,15,16). The van der Waals surface area contributed by atoms with Crippen molar-refractivity contribution in [1.29, 1.82) is 0 Å². The molecule has 0 saturated carbocycles. The molecule has 1 amide bonds. The van der Waals surface area contributed by atoms with Gasteiger partial charge in [0.2, 0.25) is 5.91 Å². The second-order valence-corrected chi connectivity index (χ2v) is 4.86. The first-order valence-electron chi connectivity index (χ1n) is 5.56. The summed E-state index contributed by atoms with van der Waals surface area (Å²) in [4.78, 5) is 17.0. The van der Waals surface area contributed by atoms with Crippen LogP contribution in [0.3, 0.4) is 0 Å². The first-order chi connectivity index (χ1) is 8.28. The van der Waals surface area contributed by atoms with Crippen LogP contribution in [0.4, 0.5) is 5.69 Å². The van der Waals surface area contributed by atoms with E-state index in [1.54, 1.807) is 17.5 Å². The molecule has 0 radical (unpaired) electrons. The van der Waals surface area contributed by atoms with Crippen LogP contribution in [0.5, 0.6) is 0 Å². The zero-order valence-electron chi connectivity index (χ0n) is 9.64. The van der Waals surface area contributed by atoms with Gasteiger partial charge in [-0.25, -0.2) is 4.98 Å². The predicted octanol–water partition coefficient (Wildman–Crippen LogP) is 2.89. The summed E-state index contributed by atoms with van der Waals surface area (Å²) in [6.07, 6.45) is 3.10. The van der Waals surface area contributed by atoms with Crippen LogP contribution in [0.2, 0.25) is 0 Å². The lowest BCUT2D eigenvalue weighted by molar-refractivity contribution is -0.115. The number of amides is 1. The number of nitrogens with zero attached hydrogens (tertiary/aromatic N) is 1. The lowest BCUT2D eigenvalue weighted by Gasteiger charge is -2.02. The fourth-order valence-electron chi connectivity index (χ4n) is 1.48. The Labute approximate surface area is 105 Å². The summed E-state index contributed by atoms with van der Waals surface area (Å²) in [5.74, 6) is 0.00232. The Morgan fingerprint density at radius 3 is 2.76 bits per heavy atom. The van der Waals surface area contributed by atoms with E-state index in [-0.39, 0.29) is 5.91 Å². The van der Waals surface area contributed by atoms with E-state index >= 15 is 0 Å². The van der Waals surface area contributed by atoms with Crippen molar-refractivity contribution in [2.45, 2.75) is 19.8 Å².